The molecule has 4 amide bonds. The number of carbonyl (C=O) groups excluding carboxylic acids is 4. The van der Waals surface area contributed by atoms with Gasteiger partial charge >= 0.3 is 0 Å². The SMILES string of the molecule is O=C1[C@H]2[C@H](CC=C3[C@H]2C[C@@]2(Cl)C(=O)N(c4c(F)c(F)c(F)c(F)c4F)C(=O)[C@@]2(Cl)[C@H]3c2c(O)ccc3ccccc23)C(=O)N1C1CCN(Cc2ccccc2)CC1. The van der Waals surface area contributed by atoms with Gasteiger partial charge in [-0.25, -0.2) is 26.9 Å². The minimum absolute atomic E-state index is 0.0117. The van der Waals surface area contributed by atoms with E-state index in [2.05, 4.69) is 4.90 Å². The monoisotopic (exact) mass is 823 g/mol. The molecular weight excluding hydrogens is 792 g/mol. The van der Waals surface area contributed by atoms with E-state index < -0.39 is 110 Å². The predicted octanol–water partition coefficient (Wildman–Crippen LogP) is 7.47. The number of alkyl halides is 2. The number of rotatable bonds is 5. The van der Waals surface area contributed by atoms with E-state index in [1.165, 1.54) is 11.0 Å². The minimum atomic E-state index is -2.75. The zero-order chi connectivity index (χ0) is 40.3. The van der Waals surface area contributed by atoms with Crippen molar-refractivity contribution in [2.24, 2.45) is 17.8 Å². The Morgan fingerprint density at radius 3 is 2.05 bits per heavy atom. The Morgan fingerprint density at radius 1 is 0.737 bits per heavy atom. The van der Waals surface area contributed by atoms with Crippen LogP contribution in [-0.2, 0) is 25.7 Å². The van der Waals surface area contributed by atoms with Crippen molar-refractivity contribution in [3.05, 3.63) is 119 Å². The van der Waals surface area contributed by atoms with Crippen LogP contribution in [0, 0.1) is 46.8 Å². The number of likely N-dealkylation sites (tertiary alicyclic amines) is 2. The summed E-state index contributed by atoms with van der Waals surface area (Å²) in [5.41, 5.74) is -0.469. The molecule has 3 aliphatic heterocycles. The molecule has 4 aromatic carbocycles. The number of hydrogen-bond donors (Lipinski definition) is 1. The summed E-state index contributed by atoms with van der Waals surface area (Å²) in [6, 6.07) is 19.0. The molecule has 3 heterocycles. The maximum Gasteiger partial charge on any atom is 0.258 e. The molecule has 0 unspecified atom stereocenters. The number of benzene rings is 4. The van der Waals surface area contributed by atoms with Gasteiger partial charge in [-0.1, -0.05) is 72.3 Å². The molecule has 0 spiro atoms. The maximum absolute atomic E-state index is 15.4. The van der Waals surface area contributed by atoms with Crippen LogP contribution in [0.1, 0.15) is 42.7 Å². The Bertz CT molecular complexity index is 2430. The van der Waals surface area contributed by atoms with Crippen molar-refractivity contribution in [3.63, 3.8) is 0 Å². The first-order valence-electron chi connectivity index (χ1n) is 18.5. The number of phenols is 1. The van der Waals surface area contributed by atoms with Crippen molar-refractivity contribution >= 4 is 63.3 Å². The molecule has 0 aromatic heterocycles. The molecule has 1 saturated carbocycles. The lowest BCUT2D eigenvalue weighted by atomic mass is 9.56. The second-order valence-corrected chi connectivity index (χ2v) is 16.7. The topological polar surface area (TPSA) is 98.2 Å². The number of aromatic hydroxyl groups is 1. The zero-order valence-electron chi connectivity index (χ0n) is 29.8. The minimum Gasteiger partial charge on any atom is -0.508 e. The summed E-state index contributed by atoms with van der Waals surface area (Å²) in [4.78, 5) is 56.0. The molecule has 15 heteroatoms. The van der Waals surface area contributed by atoms with Crippen molar-refractivity contribution in [2.45, 2.75) is 53.9 Å². The molecule has 9 rings (SSSR count). The Hall–Kier alpha value is -4.85. The van der Waals surface area contributed by atoms with Gasteiger partial charge in [-0.05, 0) is 54.0 Å². The van der Waals surface area contributed by atoms with Gasteiger partial charge in [0.15, 0.2) is 33.0 Å². The van der Waals surface area contributed by atoms with E-state index in [1.54, 1.807) is 36.4 Å². The average molecular weight is 825 g/mol. The van der Waals surface area contributed by atoms with E-state index in [1.807, 2.05) is 30.3 Å². The lowest BCUT2D eigenvalue weighted by Gasteiger charge is -2.51. The number of phenolic OH excluding ortho intramolecular Hbond substituents is 1. The molecule has 57 heavy (non-hydrogen) atoms. The fourth-order valence-corrected chi connectivity index (χ4v) is 11.0. The van der Waals surface area contributed by atoms with Gasteiger partial charge in [0, 0.05) is 37.2 Å². The number of nitrogens with zero attached hydrogens (tertiary/aromatic N) is 3. The number of amides is 4. The predicted molar refractivity (Wildman–Crippen MR) is 199 cm³/mol. The number of allylic oxidation sites excluding steroid dienone is 2. The number of imide groups is 2. The Labute approximate surface area is 332 Å². The van der Waals surface area contributed by atoms with Crippen LogP contribution in [0.3, 0.4) is 0 Å². The van der Waals surface area contributed by atoms with Crippen LogP contribution in [0.4, 0.5) is 27.6 Å². The van der Waals surface area contributed by atoms with Crippen LogP contribution in [0.5, 0.6) is 5.75 Å². The maximum atomic E-state index is 15.4. The lowest BCUT2D eigenvalue weighted by molar-refractivity contribution is -0.144. The lowest BCUT2D eigenvalue weighted by Crippen LogP contribution is -2.60. The molecule has 8 nitrogen and oxygen atoms in total. The van der Waals surface area contributed by atoms with Crippen LogP contribution in [0.15, 0.2) is 78.4 Å². The van der Waals surface area contributed by atoms with Crippen molar-refractivity contribution in [3.8, 4) is 5.75 Å². The van der Waals surface area contributed by atoms with Gasteiger partial charge < -0.3 is 5.11 Å². The largest absolute Gasteiger partial charge is 0.508 e. The summed E-state index contributed by atoms with van der Waals surface area (Å²) >= 11 is 14.6. The third kappa shape index (κ3) is 5.20. The first kappa shape index (κ1) is 37.7. The van der Waals surface area contributed by atoms with Crippen molar-refractivity contribution in [1.29, 1.82) is 0 Å². The van der Waals surface area contributed by atoms with Gasteiger partial charge in [0.25, 0.3) is 11.8 Å². The van der Waals surface area contributed by atoms with Crippen LogP contribution in [-0.4, -0.2) is 67.4 Å². The van der Waals surface area contributed by atoms with E-state index >= 15 is 8.78 Å². The van der Waals surface area contributed by atoms with Crippen LogP contribution in [0.25, 0.3) is 10.8 Å². The third-order valence-corrected chi connectivity index (χ3v) is 14.1. The fourth-order valence-electron chi connectivity index (χ4n) is 10.0. The molecule has 294 valence electrons. The number of halogens is 7. The molecular formula is C42H32Cl2F5N3O5. The van der Waals surface area contributed by atoms with Gasteiger partial charge in [-0.2, -0.15) is 0 Å². The number of anilines is 1. The van der Waals surface area contributed by atoms with Crippen LogP contribution < -0.4 is 4.90 Å². The third-order valence-electron chi connectivity index (χ3n) is 12.7. The summed E-state index contributed by atoms with van der Waals surface area (Å²) < 4.78 is 74.3. The van der Waals surface area contributed by atoms with Gasteiger partial charge in [0.1, 0.15) is 11.4 Å². The van der Waals surface area contributed by atoms with Crippen molar-refractivity contribution < 1.29 is 46.2 Å². The molecule has 0 bridgehead atoms. The Kier molecular flexibility index (Phi) is 8.83. The van der Waals surface area contributed by atoms with Gasteiger partial charge in [0.05, 0.1) is 11.8 Å². The molecule has 4 fully saturated rings. The van der Waals surface area contributed by atoms with Crippen molar-refractivity contribution in [1.82, 2.24) is 9.80 Å². The summed E-state index contributed by atoms with van der Waals surface area (Å²) in [6.07, 6.45) is 2.04. The number of piperidine rings is 1. The standard InChI is InChI=1S/C42H32Cl2F5N3O5/c43-41-18-26-24(11-12-25-28(26)38(55)51(37(25)54)22-14-16-50(17-15-22)19-20-6-2-1-3-7-20)30(29-23-9-5-4-8-21(23)10-13-27(29)53)42(41,44)40(57)52(39(41)56)36-34(48)32(46)31(45)33(47)35(36)49/h1-11,13,22,25-26,28,30,53H,12,14-19H2/t25-,26+,28-,30+,41+,42-/m0/s1. The van der Waals surface area contributed by atoms with Crippen LogP contribution >= 0.6 is 23.2 Å². The van der Waals surface area contributed by atoms with Crippen LogP contribution in [0.2, 0.25) is 0 Å². The highest BCUT2D eigenvalue weighted by atomic mass is 35.5. The number of fused-ring (bicyclic) bond motifs is 5. The Balaban J connectivity index is 1.15. The molecule has 5 aliphatic rings. The van der Waals surface area contributed by atoms with Gasteiger partial charge in [-0.3, -0.25) is 29.0 Å². The summed E-state index contributed by atoms with van der Waals surface area (Å²) in [5, 5.41) is 12.5. The van der Waals surface area contributed by atoms with E-state index in [-0.39, 0.29) is 22.5 Å². The van der Waals surface area contributed by atoms with Gasteiger partial charge in [-0.15, -0.1) is 23.2 Å². The first-order chi connectivity index (χ1) is 27.2. The Morgan fingerprint density at radius 2 is 1.37 bits per heavy atom. The molecule has 0 radical (unpaired) electrons. The van der Waals surface area contributed by atoms with E-state index in [0.717, 1.165) is 5.56 Å². The molecule has 3 saturated heterocycles. The second-order valence-electron chi connectivity index (χ2n) is 15.5. The summed E-state index contributed by atoms with van der Waals surface area (Å²) in [6.45, 7) is 1.93. The zero-order valence-corrected chi connectivity index (χ0v) is 31.3. The van der Waals surface area contributed by atoms with E-state index in [9.17, 15) is 37.5 Å². The quantitative estimate of drug-likeness (QED) is 0.0561. The highest BCUT2D eigenvalue weighted by Crippen LogP contribution is 2.67. The fraction of sp³-hybridized carbons (Fsp3) is 0.333. The summed E-state index contributed by atoms with van der Waals surface area (Å²) in [7, 11) is 0. The highest BCUT2D eigenvalue weighted by Gasteiger charge is 2.77. The average Bonchev–Trinajstić information content (AvgIpc) is 3.55. The van der Waals surface area contributed by atoms with Gasteiger partial charge in [0.2, 0.25) is 17.6 Å². The molecule has 4 aromatic rings. The van der Waals surface area contributed by atoms with E-state index in [4.69, 9.17) is 23.2 Å². The molecule has 6 atom stereocenters. The summed E-state index contributed by atoms with van der Waals surface area (Å²) in [5.74, 6) is -21.4. The first-order valence-corrected chi connectivity index (χ1v) is 19.3. The molecule has 1 N–H and O–H groups in total. The van der Waals surface area contributed by atoms with Crippen molar-refractivity contribution in [2.75, 3.05) is 18.0 Å². The number of hydrogen-bond acceptors (Lipinski definition) is 6. The molecule has 2 aliphatic carbocycles. The second kappa shape index (κ2) is 13.4. The smallest absolute Gasteiger partial charge is 0.258 e. The highest BCUT2D eigenvalue weighted by molar-refractivity contribution is 6.58. The number of carbonyl (C=O) groups is 4. The normalized spacial score (nSPS) is 29.2. The van der Waals surface area contributed by atoms with E-state index in [0.29, 0.717) is 43.2 Å².